The van der Waals surface area contributed by atoms with Crippen LogP contribution in [0.4, 0.5) is 5.69 Å². The fourth-order valence-corrected chi connectivity index (χ4v) is 2.50. The van der Waals surface area contributed by atoms with Crippen LogP contribution in [0.3, 0.4) is 0 Å². The number of hydrogen-bond acceptors (Lipinski definition) is 3. The van der Waals surface area contributed by atoms with Gasteiger partial charge in [0.25, 0.3) is 0 Å². The van der Waals surface area contributed by atoms with Gasteiger partial charge in [0.2, 0.25) is 5.91 Å². The summed E-state index contributed by atoms with van der Waals surface area (Å²) in [5.41, 5.74) is 7.46. The average Bonchev–Trinajstić information content (AvgIpc) is 2.86. The summed E-state index contributed by atoms with van der Waals surface area (Å²) < 4.78 is 0. The molecule has 0 bridgehead atoms. The first-order chi connectivity index (χ1) is 9.63. The van der Waals surface area contributed by atoms with E-state index in [1.807, 2.05) is 0 Å². The SMILES string of the molecule is NCCCCCC(=O)N1CCc2ccc(C(=O)O)cc21. The number of hydrogen-bond donors (Lipinski definition) is 2. The van der Waals surface area contributed by atoms with Gasteiger partial charge in [0.05, 0.1) is 5.56 Å². The molecule has 1 aliphatic heterocycles. The zero-order valence-corrected chi connectivity index (χ0v) is 11.5. The van der Waals surface area contributed by atoms with Crippen LogP contribution >= 0.6 is 0 Å². The van der Waals surface area contributed by atoms with Crippen molar-refractivity contribution in [1.29, 1.82) is 0 Å². The van der Waals surface area contributed by atoms with Crippen molar-refractivity contribution in [2.75, 3.05) is 18.0 Å². The summed E-state index contributed by atoms with van der Waals surface area (Å²) in [6.07, 6.45) is 4.02. The van der Waals surface area contributed by atoms with Gasteiger partial charge >= 0.3 is 5.97 Å². The van der Waals surface area contributed by atoms with Crippen LogP contribution in [-0.2, 0) is 11.2 Å². The molecule has 0 spiro atoms. The number of amides is 1. The molecule has 1 aliphatic rings. The fourth-order valence-electron chi connectivity index (χ4n) is 2.50. The Kier molecular flexibility index (Phi) is 4.74. The quantitative estimate of drug-likeness (QED) is 0.776. The Hall–Kier alpha value is -1.88. The topological polar surface area (TPSA) is 83.6 Å². The second-order valence-corrected chi connectivity index (χ2v) is 5.04. The Morgan fingerprint density at radius 1 is 1.25 bits per heavy atom. The molecule has 20 heavy (non-hydrogen) atoms. The molecule has 5 nitrogen and oxygen atoms in total. The van der Waals surface area contributed by atoms with E-state index in [0.717, 1.165) is 36.9 Å². The highest BCUT2D eigenvalue weighted by molar-refractivity contribution is 5.97. The highest BCUT2D eigenvalue weighted by Crippen LogP contribution is 2.29. The van der Waals surface area contributed by atoms with E-state index in [1.165, 1.54) is 0 Å². The Bertz CT molecular complexity index is 514. The zero-order valence-electron chi connectivity index (χ0n) is 11.5. The molecule has 0 atom stereocenters. The number of carbonyl (C=O) groups is 2. The van der Waals surface area contributed by atoms with E-state index in [0.29, 0.717) is 19.5 Å². The lowest BCUT2D eigenvalue weighted by molar-refractivity contribution is -0.118. The van der Waals surface area contributed by atoms with Gasteiger partial charge in [-0.15, -0.1) is 0 Å². The summed E-state index contributed by atoms with van der Waals surface area (Å²) in [6.45, 7) is 1.30. The second kappa shape index (κ2) is 6.52. The Balaban J connectivity index is 2.04. The molecule has 1 heterocycles. The summed E-state index contributed by atoms with van der Waals surface area (Å²) in [5, 5.41) is 9.03. The first-order valence-electron chi connectivity index (χ1n) is 7.00. The van der Waals surface area contributed by atoms with Crippen LogP contribution in [0.15, 0.2) is 18.2 Å². The standard InChI is InChI=1S/C15H20N2O3/c16-8-3-1-2-4-14(18)17-9-7-11-5-6-12(15(19)20)10-13(11)17/h5-6,10H,1-4,7-9,16H2,(H,19,20). The summed E-state index contributed by atoms with van der Waals surface area (Å²) in [7, 11) is 0. The van der Waals surface area contributed by atoms with Gasteiger partial charge in [-0.05, 0) is 43.5 Å². The number of unbranched alkanes of at least 4 members (excludes halogenated alkanes) is 2. The molecule has 0 unspecified atom stereocenters. The minimum atomic E-state index is -0.963. The van der Waals surface area contributed by atoms with Crippen molar-refractivity contribution in [3.8, 4) is 0 Å². The van der Waals surface area contributed by atoms with Crippen LogP contribution in [0.25, 0.3) is 0 Å². The van der Waals surface area contributed by atoms with Gasteiger partial charge in [0, 0.05) is 18.7 Å². The van der Waals surface area contributed by atoms with Crippen molar-refractivity contribution in [3.05, 3.63) is 29.3 Å². The van der Waals surface area contributed by atoms with E-state index < -0.39 is 5.97 Å². The minimum absolute atomic E-state index is 0.0725. The van der Waals surface area contributed by atoms with Crippen molar-refractivity contribution in [2.45, 2.75) is 32.1 Å². The molecule has 0 fully saturated rings. The van der Waals surface area contributed by atoms with Gasteiger partial charge < -0.3 is 15.7 Å². The molecule has 1 aromatic rings. The first-order valence-corrected chi connectivity index (χ1v) is 7.00. The lowest BCUT2D eigenvalue weighted by Gasteiger charge is -2.17. The average molecular weight is 276 g/mol. The zero-order chi connectivity index (χ0) is 14.5. The molecule has 0 aromatic heterocycles. The van der Waals surface area contributed by atoms with E-state index in [2.05, 4.69) is 0 Å². The maximum atomic E-state index is 12.2. The Morgan fingerprint density at radius 3 is 2.75 bits per heavy atom. The molecular weight excluding hydrogens is 256 g/mol. The highest BCUT2D eigenvalue weighted by atomic mass is 16.4. The Labute approximate surface area is 118 Å². The summed E-state index contributed by atoms with van der Waals surface area (Å²) in [4.78, 5) is 24.9. The number of benzene rings is 1. The number of carbonyl (C=O) groups excluding carboxylic acids is 1. The summed E-state index contributed by atoms with van der Waals surface area (Å²) in [5.74, 6) is -0.890. The van der Waals surface area contributed by atoms with Crippen molar-refractivity contribution < 1.29 is 14.7 Å². The molecule has 1 amide bonds. The fraction of sp³-hybridized carbons (Fsp3) is 0.467. The van der Waals surface area contributed by atoms with Crippen LogP contribution in [-0.4, -0.2) is 30.1 Å². The third-order valence-corrected chi connectivity index (χ3v) is 3.62. The molecule has 3 N–H and O–H groups in total. The van der Waals surface area contributed by atoms with E-state index in [1.54, 1.807) is 23.1 Å². The molecule has 0 saturated heterocycles. The van der Waals surface area contributed by atoms with Crippen molar-refractivity contribution in [2.24, 2.45) is 5.73 Å². The number of carboxylic acids is 1. The number of carboxylic acid groups (broad SMARTS) is 1. The van der Waals surface area contributed by atoms with Crippen molar-refractivity contribution in [3.63, 3.8) is 0 Å². The molecule has 2 rings (SSSR count). The summed E-state index contributed by atoms with van der Waals surface area (Å²) >= 11 is 0. The van der Waals surface area contributed by atoms with Gasteiger partial charge in [-0.25, -0.2) is 4.79 Å². The van der Waals surface area contributed by atoms with Crippen LogP contribution in [0.1, 0.15) is 41.6 Å². The van der Waals surface area contributed by atoms with Gasteiger partial charge in [0.1, 0.15) is 0 Å². The monoisotopic (exact) mass is 276 g/mol. The van der Waals surface area contributed by atoms with Crippen LogP contribution in [0.5, 0.6) is 0 Å². The van der Waals surface area contributed by atoms with Crippen molar-refractivity contribution in [1.82, 2.24) is 0 Å². The van der Waals surface area contributed by atoms with E-state index in [-0.39, 0.29) is 11.5 Å². The largest absolute Gasteiger partial charge is 0.478 e. The van der Waals surface area contributed by atoms with Gasteiger partial charge in [-0.1, -0.05) is 12.5 Å². The molecule has 0 aliphatic carbocycles. The smallest absolute Gasteiger partial charge is 0.335 e. The maximum Gasteiger partial charge on any atom is 0.335 e. The van der Waals surface area contributed by atoms with Crippen LogP contribution < -0.4 is 10.6 Å². The normalized spacial score (nSPS) is 13.3. The van der Waals surface area contributed by atoms with Gasteiger partial charge in [-0.2, -0.15) is 0 Å². The molecule has 5 heteroatoms. The minimum Gasteiger partial charge on any atom is -0.478 e. The number of rotatable bonds is 6. The molecule has 1 aromatic carbocycles. The van der Waals surface area contributed by atoms with E-state index >= 15 is 0 Å². The lowest BCUT2D eigenvalue weighted by atomic mass is 10.1. The molecule has 0 radical (unpaired) electrons. The number of nitrogens with zero attached hydrogens (tertiary/aromatic N) is 1. The van der Waals surface area contributed by atoms with Gasteiger partial charge in [-0.3, -0.25) is 4.79 Å². The molecule has 0 saturated carbocycles. The predicted molar refractivity (Wildman–Crippen MR) is 77.0 cm³/mol. The Morgan fingerprint density at radius 2 is 2.05 bits per heavy atom. The highest BCUT2D eigenvalue weighted by Gasteiger charge is 2.25. The number of anilines is 1. The molecule has 108 valence electrons. The molecular formula is C15H20N2O3. The lowest BCUT2D eigenvalue weighted by Crippen LogP contribution is -2.28. The number of aromatic carboxylic acids is 1. The third-order valence-electron chi connectivity index (χ3n) is 3.62. The van der Waals surface area contributed by atoms with E-state index in [4.69, 9.17) is 10.8 Å². The second-order valence-electron chi connectivity index (χ2n) is 5.04. The van der Waals surface area contributed by atoms with Crippen molar-refractivity contribution >= 4 is 17.6 Å². The summed E-state index contributed by atoms with van der Waals surface area (Å²) in [6, 6.07) is 5.00. The number of fused-ring (bicyclic) bond motifs is 1. The van der Waals surface area contributed by atoms with Crippen LogP contribution in [0, 0.1) is 0 Å². The van der Waals surface area contributed by atoms with Gasteiger partial charge in [0.15, 0.2) is 0 Å². The number of nitrogens with two attached hydrogens (primary N) is 1. The predicted octanol–water partition coefficient (Wildman–Crippen LogP) is 1.79. The first kappa shape index (κ1) is 14.5. The maximum absolute atomic E-state index is 12.2. The van der Waals surface area contributed by atoms with Crippen LogP contribution in [0.2, 0.25) is 0 Å². The van der Waals surface area contributed by atoms with E-state index in [9.17, 15) is 9.59 Å². The third kappa shape index (κ3) is 3.17.